The van der Waals surface area contributed by atoms with Gasteiger partial charge in [0.05, 0.1) is 19.8 Å². The minimum atomic E-state index is 0.431. The Balaban J connectivity index is 1.76. The Labute approximate surface area is 138 Å². The van der Waals surface area contributed by atoms with Gasteiger partial charge in [0.2, 0.25) is 0 Å². The van der Waals surface area contributed by atoms with Gasteiger partial charge in [0.25, 0.3) is 11.1 Å². The topological polar surface area (TPSA) is 57.4 Å². The van der Waals surface area contributed by atoms with Gasteiger partial charge < -0.3 is 13.9 Å². The van der Waals surface area contributed by atoms with Gasteiger partial charge in [0.15, 0.2) is 0 Å². The van der Waals surface area contributed by atoms with Crippen molar-refractivity contribution >= 4 is 11.8 Å². The molecule has 118 valence electrons. The lowest BCUT2D eigenvalue weighted by Crippen LogP contribution is -1.90. The summed E-state index contributed by atoms with van der Waals surface area (Å²) in [6, 6.07) is 15.6. The molecule has 0 saturated carbocycles. The van der Waals surface area contributed by atoms with E-state index in [1.165, 1.54) is 17.3 Å². The van der Waals surface area contributed by atoms with E-state index in [0.29, 0.717) is 22.6 Å². The molecule has 0 bridgehead atoms. The van der Waals surface area contributed by atoms with Crippen LogP contribution in [0.25, 0.3) is 11.5 Å². The van der Waals surface area contributed by atoms with Crippen molar-refractivity contribution in [3.63, 3.8) is 0 Å². The molecule has 0 amide bonds. The van der Waals surface area contributed by atoms with E-state index in [-0.39, 0.29) is 0 Å². The summed E-state index contributed by atoms with van der Waals surface area (Å²) in [6.45, 7) is 0. The summed E-state index contributed by atoms with van der Waals surface area (Å²) in [5.74, 6) is 2.55. The minimum absolute atomic E-state index is 0.431. The molecule has 2 aromatic carbocycles. The second-order valence-corrected chi connectivity index (χ2v) is 5.64. The standard InChI is InChI=1S/C17H16N2O3S/c1-20-13-8-9-14(15(10-13)21-2)16-18-19-17(22-16)23-11-12-6-4-3-5-7-12/h3-10H,11H2,1-2H3. The maximum Gasteiger partial charge on any atom is 0.277 e. The quantitative estimate of drug-likeness (QED) is 0.636. The molecule has 1 heterocycles. The van der Waals surface area contributed by atoms with Gasteiger partial charge >= 0.3 is 0 Å². The molecule has 0 atom stereocenters. The normalized spacial score (nSPS) is 10.5. The van der Waals surface area contributed by atoms with E-state index in [1.807, 2.05) is 30.3 Å². The lowest BCUT2D eigenvalue weighted by Gasteiger charge is -2.07. The number of methoxy groups -OCH3 is 2. The molecular formula is C17H16N2O3S. The van der Waals surface area contributed by atoms with E-state index in [0.717, 1.165) is 11.3 Å². The molecule has 1 aromatic heterocycles. The van der Waals surface area contributed by atoms with Crippen LogP contribution in [0.5, 0.6) is 11.5 Å². The van der Waals surface area contributed by atoms with E-state index in [1.54, 1.807) is 20.3 Å². The van der Waals surface area contributed by atoms with E-state index in [9.17, 15) is 0 Å². The fraction of sp³-hybridized carbons (Fsp3) is 0.176. The fourth-order valence-electron chi connectivity index (χ4n) is 2.07. The van der Waals surface area contributed by atoms with Crippen LogP contribution in [0.3, 0.4) is 0 Å². The van der Waals surface area contributed by atoms with Gasteiger partial charge in [-0.3, -0.25) is 0 Å². The average Bonchev–Trinajstić information content (AvgIpc) is 3.09. The Morgan fingerprint density at radius 3 is 2.57 bits per heavy atom. The van der Waals surface area contributed by atoms with Crippen LogP contribution in [-0.2, 0) is 5.75 Å². The third kappa shape index (κ3) is 3.65. The number of aromatic nitrogens is 2. The van der Waals surface area contributed by atoms with Gasteiger partial charge in [-0.1, -0.05) is 42.1 Å². The number of thioether (sulfide) groups is 1. The van der Waals surface area contributed by atoms with E-state index in [2.05, 4.69) is 22.3 Å². The molecule has 0 aliphatic heterocycles. The number of ether oxygens (including phenoxy) is 2. The highest BCUT2D eigenvalue weighted by atomic mass is 32.2. The summed E-state index contributed by atoms with van der Waals surface area (Å²) in [6.07, 6.45) is 0. The number of nitrogens with zero attached hydrogens (tertiary/aromatic N) is 2. The van der Waals surface area contributed by atoms with Crippen molar-refractivity contribution < 1.29 is 13.9 Å². The first-order chi connectivity index (χ1) is 11.3. The van der Waals surface area contributed by atoms with Gasteiger partial charge in [-0.15, -0.1) is 10.2 Å². The molecule has 0 fully saturated rings. The first-order valence-electron chi connectivity index (χ1n) is 7.03. The van der Waals surface area contributed by atoms with E-state index < -0.39 is 0 Å². The maximum absolute atomic E-state index is 5.73. The zero-order valence-electron chi connectivity index (χ0n) is 12.9. The first kappa shape index (κ1) is 15.4. The van der Waals surface area contributed by atoms with Crippen molar-refractivity contribution in [3.8, 4) is 23.0 Å². The minimum Gasteiger partial charge on any atom is -0.497 e. The summed E-state index contributed by atoms with van der Waals surface area (Å²) in [5, 5.41) is 8.72. The molecule has 0 unspecified atom stereocenters. The van der Waals surface area contributed by atoms with E-state index in [4.69, 9.17) is 13.9 Å². The number of benzene rings is 2. The lowest BCUT2D eigenvalue weighted by atomic mass is 10.2. The Hall–Kier alpha value is -2.47. The summed E-state index contributed by atoms with van der Waals surface area (Å²) < 4.78 is 16.3. The summed E-state index contributed by atoms with van der Waals surface area (Å²) in [4.78, 5) is 0. The van der Waals surface area contributed by atoms with Crippen LogP contribution in [0, 0.1) is 0 Å². The van der Waals surface area contributed by atoms with Crippen LogP contribution in [0.15, 0.2) is 58.2 Å². The lowest BCUT2D eigenvalue weighted by molar-refractivity contribution is 0.393. The zero-order chi connectivity index (χ0) is 16.1. The molecule has 0 aliphatic carbocycles. The smallest absolute Gasteiger partial charge is 0.277 e. The second kappa shape index (κ2) is 7.19. The summed E-state index contributed by atoms with van der Waals surface area (Å²) in [7, 11) is 3.21. The molecule has 3 rings (SSSR count). The van der Waals surface area contributed by atoms with Crippen molar-refractivity contribution in [2.45, 2.75) is 11.0 Å². The highest BCUT2D eigenvalue weighted by Gasteiger charge is 2.14. The molecular weight excluding hydrogens is 312 g/mol. The fourth-order valence-corrected chi connectivity index (χ4v) is 2.79. The van der Waals surface area contributed by atoms with Crippen LogP contribution < -0.4 is 9.47 Å². The van der Waals surface area contributed by atoms with Crippen LogP contribution in [0.2, 0.25) is 0 Å². The largest absolute Gasteiger partial charge is 0.497 e. The van der Waals surface area contributed by atoms with Crippen molar-refractivity contribution in [1.29, 1.82) is 0 Å². The Morgan fingerprint density at radius 1 is 1.00 bits per heavy atom. The average molecular weight is 328 g/mol. The number of rotatable bonds is 6. The second-order valence-electron chi connectivity index (χ2n) is 4.71. The molecule has 6 heteroatoms. The molecule has 23 heavy (non-hydrogen) atoms. The van der Waals surface area contributed by atoms with Crippen molar-refractivity contribution in [1.82, 2.24) is 10.2 Å². The first-order valence-corrected chi connectivity index (χ1v) is 8.01. The number of hydrogen-bond donors (Lipinski definition) is 0. The van der Waals surface area contributed by atoms with Crippen molar-refractivity contribution in [2.24, 2.45) is 0 Å². The van der Waals surface area contributed by atoms with Crippen molar-refractivity contribution in [2.75, 3.05) is 14.2 Å². The highest BCUT2D eigenvalue weighted by Crippen LogP contribution is 2.34. The van der Waals surface area contributed by atoms with Gasteiger partial charge in [-0.25, -0.2) is 0 Å². The van der Waals surface area contributed by atoms with Gasteiger partial charge in [0, 0.05) is 11.8 Å². The molecule has 0 N–H and O–H groups in total. The van der Waals surface area contributed by atoms with Gasteiger partial charge in [-0.2, -0.15) is 0 Å². The molecule has 5 nitrogen and oxygen atoms in total. The molecule has 0 radical (unpaired) electrons. The SMILES string of the molecule is COc1ccc(-c2nnc(SCc3ccccc3)o2)c(OC)c1. The Kier molecular flexibility index (Phi) is 4.83. The monoisotopic (exact) mass is 328 g/mol. The Bertz CT molecular complexity index is 775. The van der Waals surface area contributed by atoms with Crippen LogP contribution >= 0.6 is 11.8 Å². The summed E-state index contributed by atoms with van der Waals surface area (Å²) >= 11 is 1.50. The highest BCUT2D eigenvalue weighted by molar-refractivity contribution is 7.98. The zero-order valence-corrected chi connectivity index (χ0v) is 13.7. The van der Waals surface area contributed by atoms with Crippen LogP contribution in [0.4, 0.5) is 0 Å². The third-order valence-corrected chi connectivity index (χ3v) is 4.14. The van der Waals surface area contributed by atoms with Crippen molar-refractivity contribution in [3.05, 3.63) is 54.1 Å². The predicted octanol–water partition coefficient (Wildman–Crippen LogP) is 4.05. The van der Waals surface area contributed by atoms with Gasteiger partial charge in [-0.05, 0) is 17.7 Å². The predicted molar refractivity (Wildman–Crippen MR) is 88.8 cm³/mol. The van der Waals surface area contributed by atoms with Crippen LogP contribution in [-0.4, -0.2) is 24.4 Å². The van der Waals surface area contributed by atoms with Crippen LogP contribution in [0.1, 0.15) is 5.56 Å². The summed E-state index contributed by atoms with van der Waals surface area (Å²) in [5.41, 5.74) is 1.95. The number of hydrogen-bond acceptors (Lipinski definition) is 6. The van der Waals surface area contributed by atoms with E-state index >= 15 is 0 Å². The Morgan fingerprint density at radius 2 is 1.83 bits per heavy atom. The van der Waals surface area contributed by atoms with Gasteiger partial charge in [0.1, 0.15) is 11.5 Å². The third-order valence-electron chi connectivity index (χ3n) is 3.25. The molecule has 0 aliphatic rings. The maximum atomic E-state index is 5.73. The molecule has 3 aromatic rings. The molecule has 0 saturated heterocycles. The molecule has 0 spiro atoms.